The van der Waals surface area contributed by atoms with E-state index in [1.807, 2.05) is 66.2 Å². The lowest BCUT2D eigenvalue weighted by Gasteiger charge is -2.25. The Morgan fingerprint density at radius 1 is 1.05 bits per heavy atom. The molecule has 8 heteroatoms. The minimum Gasteiger partial charge on any atom is -0.497 e. The normalized spacial score (nSPS) is 14.6. The molecule has 2 heterocycles. The fourth-order valence-corrected chi connectivity index (χ4v) is 5.06. The van der Waals surface area contributed by atoms with Crippen molar-refractivity contribution >= 4 is 17.8 Å². The Morgan fingerprint density at radius 3 is 2.38 bits per heavy atom. The van der Waals surface area contributed by atoms with Gasteiger partial charge in [-0.15, -0.1) is 0 Å². The van der Waals surface area contributed by atoms with Crippen LogP contribution >= 0.6 is 0 Å². The van der Waals surface area contributed by atoms with Crippen molar-refractivity contribution in [3.63, 3.8) is 0 Å². The van der Waals surface area contributed by atoms with Crippen LogP contribution in [0.3, 0.4) is 0 Å². The van der Waals surface area contributed by atoms with E-state index in [9.17, 15) is 9.59 Å². The largest absolute Gasteiger partial charge is 0.497 e. The van der Waals surface area contributed by atoms with E-state index in [1.165, 1.54) is 5.56 Å². The Labute approximate surface area is 247 Å². The number of imidazole rings is 1. The number of anilines is 1. The van der Waals surface area contributed by atoms with Crippen molar-refractivity contribution < 1.29 is 19.1 Å². The maximum Gasteiger partial charge on any atom is 0.254 e. The molecular formula is C34H38N4O4. The standard InChI is InChI=1S/C34H38N4O4/c1-23(2)25-11-15-28(16-12-25)38-21-31(26-13-17-29(41-4)18-14-26)35-34(38)36-32(39)22-37(20-30-6-5-19-42-30)33(40)27-9-7-24(3)8-10-27/h7-18,21,23,30H,5-6,19-20,22H2,1-4H3,(H,35,36,39)/t30-/m1/s1. The molecule has 8 nitrogen and oxygen atoms in total. The van der Waals surface area contributed by atoms with Crippen LogP contribution in [0, 0.1) is 6.92 Å². The molecule has 1 atom stereocenters. The Balaban J connectivity index is 1.42. The van der Waals surface area contributed by atoms with Crippen LogP contribution in [-0.2, 0) is 9.53 Å². The maximum absolute atomic E-state index is 13.5. The van der Waals surface area contributed by atoms with E-state index in [-0.39, 0.29) is 24.5 Å². The molecule has 1 aromatic heterocycles. The molecular weight excluding hydrogens is 528 g/mol. The van der Waals surface area contributed by atoms with E-state index < -0.39 is 0 Å². The molecule has 1 fully saturated rings. The van der Waals surface area contributed by atoms with Crippen molar-refractivity contribution in [3.05, 3.63) is 95.7 Å². The summed E-state index contributed by atoms with van der Waals surface area (Å²) in [7, 11) is 1.63. The second kappa shape index (κ2) is 13.0. The topological polar surface area (TPSA) is 85.7 Å². The minimum atomic E-state index is -0.333. The lowest BCUT2D eigenvalue weighted by Crippen LogP contribution is -2.42. The zero-order valence-electron chi connectivity index (χ0n) is 24.7. The highest BCUT2D eigenvalue weighted by atomic mass is 16.5. The van der Waals surface area contributed by atoms with E-state index in [0.717, 1.165) is 35.4 Å². The van der Waals surface area contributed by atoms with Crippen LogP contribution in [0.1, 0.15) is 54.1 Å². The summed E-state index contributed by atoms with van der Waals surface area (Å²) in [6.07, 6.45) is 3.63. The first-order chi connectivity index (χ1) is 20.3. The molecule has 1 aliphatic rings. The number of nitrogens with zero attached hydrogens (tertiary/aromatic N) is 3. The van der Waals surface area contributed by atoms with Crippen LogP contribution in [0.25, 0.3) is 16.9 Å². The number of carbonyl (C=O) groups excluding carboxylic acids is 2. The summed E-state index contributed by atoms with van der Waals surface area (Å²) in [5.74, 6) is 0.993. The molecule has 0 unspecified atom stereocenters. The van der Waals surface area contributed by atoms with Gasteiger partial charge < -0.3 is 14.4 Å². The van der Waals surface area contributed by atoms with Crippen LogP contribution < -0.4 is 10.1 Å². The number of hydrogen-bond acceptors (Lipinski definition) is 5. The summed E-state index contributed by atoms with van der Waals surface area (Å²) in [6, 6.07) is 23.2. The van der Waals surface area contributed by atoms with Crippen LogP contribution in [0.2, 0.25) is 0 Å². The summed E-state index contributed by atoms with van der Waals surface area (Å²) in [5.41, 5.74) is 5.29. The van der Waals surface area contributed by atoms with Gasteiger partial charge in [-0.2, -0.15) is 0 Å². The van der Waals surface area contributed by atoms with Crippen LogP contribution in [0.15, 0.2) is 79.0 Å². The van der Waals surface area contributed by atoms with E-state index in [1.54, 1.807) is 24.1 Å². The number of carbonyl (C=O) groups is 2. The van der Waals surface area contributed by atoms with Gasteiger partial charge in [0.15, 0.2) is 0 Å². The Kier molecular flexibility index (Phi) is 9.03. The molecule has 1 N–H and O–H groups in total. The highest BCUT2D eigenvalue weighted by molar-refractivity contribution is 5.99. The molecule has 3 aromatic carbocycles. The van der Waals surface area contributed by atoms with Crippen LogP contribution in [-0.4, -0.2) is 59.2 Å². The number of benzene rings is 3. The lowest BCUT2D eigenvalue weighted by atomic mass is 10.0. The first kappa shape index (κ1) is 29.1. The maximum atomic E-state index is 13.5. The second-order valence-electron chi connectivity index (χ2n) is 11.0. The van der Waals surface area contributed by atoms with E-state index in [0.29, 0.717) is 36.3 Å². The monoisotopic (exact) mass is 566 g/mol. The molecule has 0 aliphatic carbocycles. The molecule has 0 bridgehead atoms. The highest BCUT2D eigenvalue weighted by Gasteiger charge is 2.26. The highest BCUT2D eigenvalue weighted by Crippen LogP contribution is 2.27. The second-order valence-corrected chi connectivity index (χ2v) is 11.0. The van der Waals surface area contributed by atoms with Crippen molar-refractivity contribution in [1.82, 2.24) is 14.5 Å². The molecule has 0 spiro atoms. The first-order valence-electron chi connectivity index (χ1n) is 14.4. The summed E-state index contributed by atoms with van der Waals surface area (Å²) in [4.78, 5) is 33.4. The number of nitrogens with one attached hydrogen (secondary N) is 1. The van der Waals surface area contributed by atoms with E-state index >= 15 is 0 Å². The van der Waals surface area contributed by atoms with Gasteiger partial charge in [0.05, 0.1) is 18.9 Å². The number of aromatic nitrogens is 2. The molecule has 0 saturated carbocycles. The lowest BCUT2D eigenvalue weighted by molar-refractivity contribution is -0.117. The first-order valence-corrected chi connectivity index (χ1v) is 14.4. The zero-order valence-corrected chi connectivity index (χ0v) is 24.7. The number of hydrogen-bond donors (Lipinski definition) is 1. The Morgan fingerprint density at radius 2 is 1.76 bits per heavy atom. The number of amides is 2. The molecule has 1 saturated heterocycles. The smallest absolute Gasteiger partial charge is 0.254 e. The summed E-state index contributed by atoms with van der Waals surface area (Å²) >= 11 is 0. The summed E-state index contributed by atoms with van der Waals surface area (Å²) in [6.45, 7) is 7.18. The number of ether oxygens (including phenoxy) is 2. The SMILES string of the molecule is COc1ccc(-c2cn(-c3ccc(C(C)C)cc3)c(NC(=O)CN(C[C@H]3CCCO3)C(=O)c3ccc(C)cc3)n2)cc1. The van der Waals surface area contributed by atoms with Gasteiger partial charge in [-0.3, -0.25) is 19.5 Å². The van der Waals surface area contributed by atoms with Gasteiger partial charge in [0.1, 0.15) is 12.3 Å². The van der Waals surface area contributed by atoms with Gasteiger partial charge in [-0.05, 0) is 79.8 Å². The summed E-state index contributed by atoms with van der Waals surface area (Å²) in [5, 5.41) is 2.98. The van der Waals surface area contributed by atoms with E-state index in [2.05, 4.69) is 31.3 Å². The minimum absolute atomic E-state index is 0.0877. The molecule has 2 amide bonds. The van der Waals surface area contributed by atoms with Gasteiger partial charge in [0.2, 0.25) is 11.9 Å². The van der Waals surface area contributed by atoms with Crippen molar-refractivity contribution in [2.24, 2.45) is 0 Å². The summed E-state index contributed by atoms with van der Waals surface area (Å²) < 4.78 is 13.0. The zero-order chi connectivity index (χ0) is 29.6. The van der Waals surface area contributed by atoms with E-state index in [4.69, 9.17) is 14.5 Å². The van der Waals surface area contributed by atoms with Gasteiger partial charge in [0.25, 0.3) is 5.91 Å². The number of aryl methyl sites for hydroxylation is 1. The van der Waals surface area contributed by atoms with Crippen molar-refractivity contribution in [3.8, 4) is 22.7 Å². The Hall–Kier alpha value is -4.43. The average Bonchev–Trinajstić information content (AvgIpc) is 3.67. The Bertz CT molecular complexity index is 1500. The number of rotatable bonds is 10. The van der Waals surface area contributed by atoms with Crippen molar-refractivity contribution in [1.29, 1.82) is 0 Å². The third-order valence-electron chi connectivity index (χ3n) is 7.55. The quantitative estimate of drug-likeness (QED) is 0.246. The molecule has 218 valence electrons. The molecule has 1 aliphatic heterocycles. The van der Waals surface area contributed by atoms with Gasteiger partial charge >= 0.3 is 0 Å². The fraction of sp³-hybridized carbons (Fsp3) is 0.324. The van der Waals surface area contributed by atoms with Crippen LogP contribution in [0.5, 0.6) is 5.75 Å². The molecule has 42 heavy (non-hydrogen) atoms. The van der Waals surface area contributed by atoms with Crippen molar-refractivity contribution in [2.75, 3.05) is 32.1 Å². The van der Waals surface area contributed by atoms with Crippen molar-refractivity contribution in [2.45, 2.75) is 45.6 Å². The molecule has 5 rings (SSSR count). The molecule has 0 radical (unpaired) electrons. The average molecular weight is 567 g/mol. The predicted molar refractivity (Wildman–Crippen MR) is 164 cm³/mol. The third-order valence-corrected chi connectivity index (χ3v) is 7.55. The predicted octanol–water partition coefficient (Wildman–Crippen LogP) is 6.24. The third kappa shape index (κ3) is 6.89. The molecule has 4 aromatic rings. The van der Waals surface area contributed by atoms with Gasteiger partial charge in [-0.25, -0.2) is 4.98 Å². The van der Waals surface area contributed by atoms with Gasteiger partial charge in [0, 0.05) is 36.2 Å². The number of methoxy groups -OCH3 is 1. The fourth-order valence-electron chi connectivity index (χ4n) is 5.06. The van der Waals surface area contributed by atoms with Gasteiger partial charge in [-0.1, -0.05) is 43.7 Å². The van der Waals surface area contributed by atoms with Crippen LogP contribution in [0.4, 0.5) is 5.95 Å².